The Morgan fingerprint density at radius 1 is 1.25 bits per heavy atom. The van der Waals surface area contributed by atoms with Gasteiger partial charge in [0.2, 0.25) is 0 Å². The number of nitrogens with one attached hydrogen (secondary N) is 1. The summed E-state index contributed by atoms with van der Waals surface area (Å²) in [6.45, 7) is 2.94. The summed E-state index contributed by atoms with van der Waals surface area (Å²) in [5.74, 6) is 3.63. The maximum Gasteiger partial charge on any atom is 0.193 e. The number of hydrogen-bond donors (Lipinski definition) is 2. The summed E-state index contributed by atoms with van der Waals surface area (Å²) in [6, 6.07) is 15.8. The second kappa shape index (κ2) is 10.6. The fourth-order valence-corrected chi connectivity index (χ4v) is 2.09. The number of anilines is 1. The highest BCUT2D eigenvalue weighted by Crippen LogP contribution is 2.12. The summed E-state index contributed by atoms with van der Waals surface area (Å²) in [5.41, 5.74) is 9.19. The lowest BCUT2D eigenvalue weighted by Gasteiger charge is -2.07. The van der Waals surface area contributed by atoms with Crippen molar-refractivity contribution in [1.29, 1.82) is 0 Å². The normalized spacial score (nSPS) is 10.4. The van der Waals surface area contributed by atoms with E-state index in [4.69, 9.17) is 16.9 Å². The third-order valence-corrected chi connectivity index (χ3v) is 3.22. The van der Waals surface area contributed by atoms with Gasteiger partial charge in [-0.1, -0.05) is 30.2 Å². The average molecular weight is 435 g/mol. The molecule has 0 aliphatic heterocycles. The van der Waals surface area contributed by atoms with Gasteiger partial charge in [0.15, 0.2) is 5.96 Å². The Morgan fingerprint density at radius 2 is 2.00 bits per heavy atom. The van der Waals surface area contributed by atoms with Crippen LogP contribution in [-0.4, -0.2) is 19.1 Å². The molecule has 4 nitrogen and oxygen atoms in total. The largest absolute Gasteiger partial charge is 0.481 e. The van der Waals surface area contributed by atoms with E-state index in [1.807, 2.05) is 55.5 Å². The first kappa shape index (κ1) is 19.8. The molecule has 2 aromatic carbocycles. The fourth-order valence-electron chi connectivity index (χ4n) is 2.09. The van der Waals surface area contributed by atoms with E-state index in [2.05, 4.69) is 16.2 Å². The molecule has 2 aromatic rings. The monoisotopic (exact) mass is 435 g/mol. The maximum absolute atomic E-state index is 5.90. The zero-order chi connectivity index (χ0) is 16.5. The molecule has 0 saturated carbocycles. The molecule has 0 saturated heterocycles. The predicted molar refractivity (Wildman–Crippen MR) is 111 cm³/mol. The molecule has 0 amide bonds. The number of aliphatic imine (C=N–C) groups is 1. The number of nitrogens with zero attached hydrogens (tertiary/aromatic N) is 1. The number of hydrogen-bond acceptors (Lipinski definition) is 2. The van der Waals surface area contributed by atoms with Crippen LogP contribution >= 0.6 is 24.0 Å². The van der Waals surface area contributed by atoms with Crippen LogP contribution < -0.4 is 15.8 Å². The summed E-state index contributed by atoms with van der Waals surface area (Å²) in [5, 5.41) is 3.09. The molecule has 2 rings (SSSR count). The van der Waals surface area contributed by atoms with Gasteiger partial charge in [-0.25, -0.2) is 0 Å². The number of halogens is 1. The minimum absolute atomic E-state index is 0. The predicted octanol–water partition coefficient (Wildman–Crippen LogP) is 3.59. The van der Waals surface area contributed by atoms with E-state index < -0.39 is 0 Å². The van der Waals surface area contributed by atoms with Crippen molar-refractivity contribution in [2.45, 2.75) is 13.3 Å². The highest BCUT2D eigenvalue weighted by Gasteiger charge is 1.97. The first-order valence-corrected chi connectivity index (χ1v) is 7.46. The molecule has 0 aliphatic carbocycles. The second-order valence-electron chi connectivity index (χ2n) is 5.15. The summed E-state index contributed by atoms with van der Waals surface area (Å²) in [4.78, 5) is 4.34. The fraction of sp³-hybridized carbons (Fsp3) is 0.211. The van der Waals surface area contributed by atoms with Gasteiger partial charge in [0.1, 0.15) is 12.4 Å². The van der Waals surface area contributed by atoms with Gasteiger partial charge in [-0.15, -0.1) is 30.4 Å². The third kappa shape index (κ3) is 6.92. The van der Waals surface area contributed by atoms with Crippen LogP contribution in [0.4, 0.5) is 5.69 Å². The molecule has 0 bridgehead atoms. The molecule has 126 valence electrons. The summed E-state index contributed by atoms with van der Waals surface area (Å²) in [7, 11) is 0. The van der Waals surface area contributed by atoms with Gasteiger partial charge in [-0.05, 0) is 48.7 Å². The molecule has 0 unspecified atom stereocenters. The zero-order valence-corrected chi connectivity index (χ0v) is 16.0. The molecule has 3 N–H and O–H groups in total. The number of nitrogens with two attached hydrogens (primary N) is 1. The number of aryl methyl sites for hydroxylation is 1. The molecule has 0 aromatic heterocycles. The SMILES string of the molecule is C#CCOc1ccc(CCN=C(N)Nc2cccc(C)c2)cc1.I. The van der Waals surface area contributed by atoms with Crippen LogP contribution in [0.2, 0.25) is 0 Å². The van der Waals surface area contributed by atoms with Crippen molar-refractivity contribution in [3.63, 3.8) is 0 Å². The lowest BCUT2D eigenvalue weighted by atomic mass is 10.1. The van der Waals surface area contributed by atoms with Crippen molar-refractivity contribution >= 4 is 35.6 Å². The van der Waals surface area contributed by atoms with Gasteiger partial charge in [0.25, 0.3) is 0 Å². The third-order valence-electron chi connectivity index (χ3n) is 3.22. The molecule has 0 aliphatic rings. The standard InChI is InChI=1S/C19H21N3O.HI/c1-3-13-23-18-9-7-16(8-10-18)11-12-21-19(20)22-17-6-4-5-15(2)14-17;/h1,4-10,14H,11-13H2,2H3,(H3,20,21,22);1H. The van der Waals surface area contributed by atoms with E-state index in [1.165, 1.54) is 11.1 Å². The molecule has 0 heterocycles. The van der Waals surface area contributed by atoms with E-state index >= 15 is 0 Å². The van der Waals surface area contributed by atoms with Crippen LogP contribution in [0.1, 0.15) is 11.1 Å². The summed E-state index contributed by atoms with van der Waals surface area (Å²) >= 11 is 0. The van der Waals surface area contributed by atoms with Gasteiger partial charge >= 0.3 is 0 Å². The number of rotatable bonds is 6. The average Bonchev–Trinajstić information content (AvgIpc) is 2.54. The van der Waals surface area contributed by atoms with E-state index in [-0.39, 0.29) is 30.6 Å². The van der Waals surface area contributed by atoms with Crippen molar-refractivity contribution < 1.29 is 4.74 Å². The first-order valence-electron chi connectivity index (χ1n) is 7.46. The Kier molecular flexibility index (Phi) is 8.72. The van der Waals surface area contributed by atoms with Crippen LogP contribution in [0.25, 0.3) is 0 Å². The lowest BCUT2D eigenvalue weighted by Crippen LogP contribution is -2.23. The maximum atomic E-state index is 5.90. The van der Waals surface area contributed by atoms with Crippen LogP contribution in [0, 0.1) is 19.3 Å². The Balaban J connectivity index is 0.00000288. The molecule has 5 heteroatoms. The van der Waals surface area contributed by atoms with Gasteiger partial charge in [-0.3, -0.25) is 4.99 Å². The number of terminal acetylenes is 1. The van der Waals surface area contributed by atoms with Crippen LogP contribution in [0.15, 0.2) is 53.5 Å². The van der Waals surface area contributed by atoms with Gasteiger partial charge < -0.3 is 15.8 Å². The topological polar surface area (TPSA) is 59.6 Å². The number of guanidine groups is 1. The lowest BCUT2D eigenvalue weighted by molar-refractivity contribution is 0.370. The number of ether oxygens (including phenoxy) is 1. The van der Waals surface area contributed by atoms with Crippen LogP contribution in [0.3, 0.4) is 0 Å². The summed E-state index contributed by atoms with van der Waals surface area (Å²) in [6.07, 6.45) is 5.97. The first-order chi connectivity index (χ1) is 11.2. The van der Waals surface area contributed by atoms with Crippen LogP contribution in [-0.2, 0) is 6.42 Å². The zero-order valence-electron chi connectivity index (χ0n) is 13.7. The molecule has 0 fully saturated rings. The minimum atomic E-state index is 0. The molecule has 0 radical (unpaired) electrons. The van der Waals surface area contributed by atoms with Crippen molar-refractivity contribution in [1.82, 2.24) is 0 Å². The quantitative estimate of drug-likeness (QED) is 0.316. The van der Waals surface area contributed by atoms with Crippen molar-refractivity contribution in [2.75, 3.05) is 18.5 Å². The Bertz CT molecular complexity index is 705. The molecule has 0 spiro atoms. The van der Waals surface area contributed by atoms with Gasteiger partial charge in [0.05, 0.1) is 0 Å². The smallest absolute Gasteiger partial charge is 0.193 e. The molecular weight excluding hydrogens is 413 g/mol. The van der Waals surface area contributed by atoms with E-state index in [0.717, 1.165) is 17.9 Å². The highest BCUT2D eigenvalue weighted by atomic mass is 127. The van der Waals surface area contributed by atoms with Crippen molar-refractivity contribution in [3.05, 3.63) is 59.7 Å². The van der Waals surface area contributed by atoms with Gasteiger partial charge in [-0.2, -0.15) is 0 Å². The van der Waals surface area contributed by atoms with E-state index in [0.29, 0.717) is 12.5 Å². The Labute approximate surface area is 160 Å². The van der Waals surface area contributed by atoms with E-state index in [1.54, 1.807) is 0 Å². The van der Waals surface area contributed by atoms with Crippen molar-refractivity contribution in [2.24, 2.45) is 10.7 Å². The Hall–Kier alpha value is -2.20. The molecule has 24 heavy (non-hydrogen) atoms. The van der Waals surface area contributed by atoms with E-state index in [9.17, 15) is 0 Å². The minimum Gasteiger partial charge on any atom is -0.481 e. The molecular formula is C19H22IN3O. The molecule has 0 atom stereocenters. The Morgan fingerprint density at radius 3 is 2.67 bits per heavy atom. The van der Waals surface area contributed by atoms with Crippen molar-refractivity contribution in [3.8, 4) is 18.1 Å². The summed E-state index contributed by atoms with van der Waals surface area (Å²) < 4.78 is 5.34. The van der Waals surface area contributed by atoms with Gasteiger partial charge in [0, 0.05) is 12.2 Å². The number of benzene rings is 2. The van der Waals surface area contributed by atoms with Crippen LogP contribution in [0.5, 0.6) is 5.75 Å². The highest BCUT2D eigenvalue weighted by molar-refractivity contribution is 14.0. The second-order valence-corrected chi connectivity index (χ2v) is 5.15.